The third-order valence-electron chi connectivity index (χ3n) is 2.09. The van der Waals surface area contributed by atoms with Gasteiger partial charge in [-0.3, -0.25) is 4.79 Å². The molecule has 0 radical (unpaired) electrons. The molecule has 0 aromatic carbocycles. The molecule has 0 rings (SSSR count). The third-order valence-corrected chi connectivity index (χ3v) is 2.09. The largest absolute Gasteiger partial charge is 1.00 e. The van der Waals surface area contributed by atoms with E-state index < -0.39 is 23.8 Å². The number of nitrogens with zero attached hydrogens (tertiary/aromatic N) is 1. The molecule has 0 N–H and O–H groups in total. The number of hydrogen-bond donors (Lipinski definition) is 0. The molecule has 0 bridgehead atoms. The van der Waals surface area contributed by atoms with Gasteiger partial charge in [-0.1, -0.05) is 13.8 Å². The molecule has 0 amide bonds. The first-order valence-electron chi connectivity index (χ1n) is 5.21. The standard InChI is InChI=1S/C11H17NO4.Na/c1-4-16-11(15)9(10(13)14)8(6-12)5-7(2)3;/h7-9H,4-5H2,1-3H3,(H,13,14);/q;+1/p-1/t8-,9?;/m1./s1. The zero-order valence-electron chi connectivity index (χ0n) is 10.7. The summed E-state index contributed by atoms with van der Waals surface area (Å²) < 4.78 is 4.62. The van der Waals surface area contributed by atoms with Crippen LogP contribution in [0.25, 0.3) is 0 Å². The van der Waals surface area contributed by atoms with E-state index in [4.69, 9.17) is 5.26 Å². The zero-order chi connectivity index (χ0) is 12.7. The molecular weight excluding hydrogens is 233 g/mol. The molecule has 0 saturated carbocycles. The van der Waals surface area contributed by atoms with Crippen LogP contribution in [-0.4, -0.2) is 18.5 Å². The van der Waals surface area contributed by atoms with E-state index in [1.54, 1.807) is 6.92 Å². The van der Waals surface area contributed by atoms with Crippen LogP contribution in [0.5, 0.6) is 0 Å². The van der Waals surface area contributed by atoms with E-state index in [0.717, 1.165) is 0 Å². The number of carboxylic acid groups (broad SMARTS) is 1. The maximum absolute atomic E-state index is 11.4. The molecule has 6 heteroatoms. The second kappa shape index (κ2) is 9.46. The monoisotopic (exact) mass is 249 g/mol. The summed E-state index contributed by atoms with van der Waals surface area (Å²) in [4.78, 5) is 22.2. The number of esters is 1. The Morgan fingerprint density at radius 2 is 1.94 bits per heavy atom. The SMILES string of the molecule is CCOC(=O)C(C(=O)[O-])[C@@H](C#N)CC(C)C.[Na+]. The molecular formula is C11H16NNaO4. The van der Waals surface area contributed by atoms with Gasteiger partial charge in [0.1, 0.15) is 5.92 Å². The fourth-order valence-electron chi connectivity index (χ4n) is 1.43. The zero-order valence-corrected chi connectivity index (χ0v) is 12.7. The number of carbonyl (C=O) groups excluding carboxylic acids is 2. The van der Waals surface area contributed by atoms with Gasteiger partial charge < -0.3 is 14.6 Å². The van der Waals surface area contributed by atoms with E-state index in [9.17, 15) is 14.7 Å². The average Bonchev–Trinajstić information content (AvgIpc) is 2.15. The molecule has 0 heterocycles. The molecule has 0 aromatic rings. The maximum atomic E-state index is 11.4. The van der Waals surface area contributed by atoms with Crippen molar-refractivity contribution in [2.24, 2.45) is 17.8 Å². The van der Waals surface area contributed by atoms with Gasteiger partial charge in [-0.05, 0) is 19.3 Å². The van der Waals surface area contributed by atoms with Crippen LogP contribution in [0.2, 0.25) is 0 Å². The summed E-state index contributed by atoms with van der Waals surface area (Å²) in [7, 11) is 0. The summed E-state index contributed by atoms with van der Waals surface area (Å²) in [6.45, 7) is 5.36. The van der Waals surface area contributed by atoms with Gasteiger partial charge in [0, 0.05) is 0 Å². The average molecular weight is 249 g/mol. The molecule has 0 aromatic heterocycles. The summed E-state index contributed by atoms with van der Waals surface area (Å²) in [5, 5.41) is 19.7. The minimum Gasteiger partial charge on any atom is -0.549 e. The van der Waals surface area contributed by atoms with Crippen LogP contribution >= 0.6 is 0 Å². The van der Waals surface area contributed by atoms with Crippen LogP contribution in [0.3, 0.4) is 0 Å². The fraction of sp³-hybridized carbons (Fsp3) is 0.727. The number of aliphatic carboxylic acids is 1. The van der Waals surface area contributed by atoms with Crippen molar-refractivity contribution in [2.45, 2.75) is 27.2 Å². The Labute approximate surface area is 123 Å². The number of carbonyl (C=O) groups is 2. The van der Waals surface area contributed by atoms with E-state index in [-0.39, 0.29) is 42.1 Å². The van der Waals surface area contributed by atoms with E-state index >= 15 is 0 Å². The predicted molar refractivity (Wildman–Crippen MR) is 53.7 cm³/mol. The molecule has 0 aliphatic rings. The van der Waals surface area contributed by atoms with Crippen LogP contribution in [0.15, 0.2) is 0 Å². The predicted octanol–water partition coefficient (Wildman–Crippen LogP) is -2.89. The van der Waals surface area contributed by atoms with Crippen molar-refractivity contribution in [1.82, 2.24) is 0 Å². The number of ether oxygens (including phenoxy) is 1. The first kappa shape index (κ1) is 18.8. The van der Waals surface area contributed by atoms with Crippen molar-refractivity contribution < 1.29 is 49.0 Å². The molecule has 0 aliphatic heterocycles. The van der Waals surface area contributed by atoms with Crippen LogP contribution in [0.4, 0.5) is 0 Å². The Balaban J connectivity index is 0. The number of nitriles is 1. The van der Waals surface area contributed by atoms with Crippen molar-refractivity contribution >= 4 is 11.9 Å². The molecule has 0 aliphatic carbocycles. The second-order valence-corrected chi connectivity index (χ2v) is 3.91. The molecule has 0 fully saturated rings. The van der Waals surface area contributed by atoms with Crippen LogP contribution < -0.4 is 34.7 Å². The molecule has 1 unspecified atom stereocenters. The summed E-state index contributed by atoms with van der Waals surface area (Å²) >= 11 is 0. The van der Waals surface area contributed by atoms with Crippen molar-refractivity contribution in [1.29, 1.82) is 5.26 Å². The molecule has 2 atom stereocenters. The van der Waals surface area contributed by atoms with Gasteiger partial charge in [0.05, 0.1) is 24.6 Å². The van der Waals surface area contributed by atoms with Crippen LogP contribution in [0, 0.1) is 29.1 Å². The Morgan fingerprint density at radius 1 is 1.41 bits per heavy atom. The summed E-state index contributed by atoms with van der Waals surface area (Å²) in [6, 6.07) is 1.83. The van der Waals surface area contributed by atoms with E-state index in [2.05, 4.69) is 4.74 Å². The molecule has 90 valence electrons. The number of rotatable bonds is 6. The molecule has 5 nitrogen and oxygen atoms in total. The van der Waals surface area contributed by atoms with Gasteiger partial charge in [-0.25, -0.2) is 0 Å². The van der Waals surface area contributed by atoms with Crippen LogP contribution in [0.1, 0.15) is 27.2 Å². The van der Waals surface area contributed by atoms with Gasteiger partial charge in [-0.15, -0.1) is 0 Å². The Morgan fingerprint density at radius 3 is 2.24 bits per heavy atom. The van der Waals surface area contributed by atoms with E-state index in [1.807, 2.05) is 19.9 Å². The van der Waals surface area contributed by atoms with Crippen molar-refractivity contribution in [3.63, 3.8) is 0 Å². The third kappa shape index (κ3) is 6.67. The summed E-state index contributed by atoms with van der Waals surface area (Å²) in [5.41, 5.74) is 0. The van der Waals surface area contributed by atoms with E-state index in [1.165, 1.54) is 0 Å². The Bertz CT molecular complexity index is 298. The van der Waals surface area contributed by atoms with Crippen molar-refractivity contribution in [2.75, 3.05) is 6.61 Å². The minimum absolute atomic E-state index is 0. The molecule has 0 saturated heterocycles. The smallest absolute Gasteiger partial charge is 0.549 e. The summed E-state index contributed by atoms with van der Waals surface area (Å²) in [5.74, 6) is -4.71. The van der Waals surface area contributed by atoms with E-state index in [0.29, 0.717) is 6.42 Å². The second-order valence-electron chi connectivity index (χ2n) is 3.91. The normalized spacial score (nSPS) is 13.1. The minimum atomic E-state index is -1.55. The van der Waals surface area contributed by atoms with Gasteiger partial charge in [0.15, 0.2) is 0 Å². The quantitative estimate of drug-likeness (QED) is 0.286. The number of hydrogen-bond acceptors (Lipinski definition) is 5. The first-order valence-corrected chi connectivity index (χ1v) is 5.21. The Hall–Kier alpha value is -0.570. The van der Waals surface area contributed by atoms with Crippen molar-refractivity contribution in [3.8, 4) is 6.07 Å². The van der Waals surface area contributed by atoms with Crippen LogP contribution in [-0.2, 0) is 14.3 Å². The molecule has 17 heavy (non-hydrogen) atoms. The van der Waals surface area contributed by atoms with Gasteiger partial charge in [0.25, 0.3) is 0 Å². The fourth-order valence-corrected chi connectivity index (χ4v) is 1.43. The Kier molecular flexibility index (Phi) is 10.5. The molecule has 0 spiro atoms. The first-order chi connectivity index (χ1) is 7.43. The van der Waals surface area contributed by atoms with Gasteiger partial charge >= 0.3 is 35.5 Å². The van der Waals surface area contributed by atoms with Crippen molar-refractivity contribution in [3.05, 3.63) is 0 Å². The topological polar surface area (TPSA) is 90.2 Å². The number of carboxylic acids is 1. The van der Waals surface area contributed by atoms with Gasteiger partial charge in [0.2, 0.25) is 0 Å². The maximum Gasteiger partial charge on any atom is 1.00 e. The van der Waals surface area contributed by atoms with Gasteiger partial charge in [-0.2, -0.15) is 5.26 Å². The summed E-state index contributed by atoms with van der Waals surface area (Å²) in [6.07, 6.45) is 0.327.